The van der Waals surface area contributed by atoms with Crippen molar-refractivity contribution in [3.63, 3.8) is 0 Å². The Hall–Kier alpha value is -7.52. The molecule has 442 valence electrons. The SMILES string of the molecule is CC(C)C[C@H](NC(=O)[C@H](CCc1ccccc1)NC(=O)CN1CCOCC1)C(=O)NC(Cc1ccccc1)C(=O)NNC(=O)[C@H](Cc1ccccc1)NC(=O)[C@H](CC(C)C)NC(=O)[C@H](CCc1ccccc1)NC(=O)CN1CCOCC1. The monoisotopic (exact) mass is 1130 g/mol. The van der Waals surface area contributed by atoms with Crippen LogP contribution in [-0.2, 0) is 73.5 Å². The second-order valence-electron chi connectivity index (χ2n) is 21.9. The van der Waals surface area contributed by atoms with Crippen LogP contribution in [0, 0.1) is 11.8 Å². The second kappa shape index (κ2) is 34.0. The lowest BCUT2D eigenvalue weighted by Crippen LogP contribution is -2.61. The van der Waals surface area contributed by atoms with Gasteiger partial charge in [0.05, 0.1) is 39.5 Å². The van der Waals surface area contributed by atoms with E-state index < -0.39 is 71.7 Å². The molecule has 82 heavy (non-hydrogen) atoms. The Labute approximate surface area is 482 Å². The van der Waals surface area contributed by atoms with Crippen LogP contribution in [0.5, 0.6) is 0 Å². The maximum atomic E-state index is 14.5. The third-order valence-corrected chi connectivity index (χ3v) is 14.2. The van der Waals surface area contributed by atoms with Crippen LogP contribution in [0.25, 0.3) is 0 Å². The van der Waals surface area contributed by atoms with Crippen molar-refractivity contribution in [3.8, 4) is 0 Å². The van der Waals surface area contributed by atoms with Crippen molar-refractivity contribution in [3.05, 3.63) is 144 Å². The summed E-state index contributed by atoms with van der Waals surface area (Å²) in [7, 11) is 0. The number of ether oxygens (including phenoxy) is 2. The summed E-state index contributed by atoms with van der Waals surface area (Å²) in [4.78, 5) is 117. The Morgan fingerprint density at radius 3 is 0.988 bits per heavy atom. The number of hydrazine groups is 1. The maximum absolute atomic E-state index is 14.5. The molecule has 0 aromatic heterocycles. The van der Waals surface area contributed by atoms with E-state index in [-0.39, 0.29) is 75.3 Å². The zero-order valence-corrected chi connectivity index (χ0v) is 47.9. The van der Waals surface area contributed by atoms with E-state index >= 15 is 0 Å². The molecule has 20 nitrogen and oxygen atoms in total. The van der Waals surface area contributed by atoms with E-state index in [1.165, 1.54) is 0 Å². The van der Waals surface area contributed by atoms with Gasteiger partial charge in [-0.25, -0.2) is 0 Å². The molecule has 0 saturated carbocycles. The van der Waals surface area contributed by atoms with Gasteiger partial charge in [0.15, 0.2) is 0 Å². The van der Waals surface area contributed by atoms with Crippen molar-refractivity contribution >= 4 is 47.3 Å². The summed E-state index contributed by atoms with van der Waals surface area (Å²) in [6, 6.07) is 30.3. The van der Waals surface area contributed by atoms with Gasteiger partial charge in [-0.2, -0.15) is 0 Å². The second-order valence-corrected chi connectivity index (χ2v) is 21.9. The number of morpholine rings is 2. The zero-order chi connectivity index (χ0) is 58.6. The first-order chi connectivity index (χ1) is 39.6. The van der Waals surface area contributed by atoms with E-state index in [0.717, 1.165) is 11.1 Å². The summed E-state index contributed by atoms with van der Waals surface area (Å²) in [5.41, 5.74) is 8.29. The number of amides is 8. The van der Waals surface area contributed by atoms with Gasteiger partial charge in [-0.05, 0) is 72.6 Å². The van der Waals surface area contributed by atoms with Gasteiger partial charge in [-0.15, -0.1) is 0 Å². The lowest BCUT2D eigenvalue weighted by Gasteiger charge is -2.28. The quantitative estimate of drug-likeness (QED) is 0.0351. The first-order valence-corrected chi connectivity index (χ1v) is 28.7. The third kappa shape index (κ3) is 22.8. The van der Waals surface area contributed by atoms with E-state index in [9.17, 15) is 38.4 Å². The summed E-state index contributed by atoms with van der Waals surface area (Å²) >= 11 is 0. The summed E-state index contributed by atoms with van der Waals surface area (Å²) in [5, 5.41) is 17.3. The van der Waals surface area contributed by atoms with Crippen LogP contribution in [0.2, 0.25) is 0 Å². The third-order valence-electron chi connectivity index (χ3n) is 14.2. The molecule has 2 saturated heterocycles. The van der Waals surface area contributed by atoms with Crippen molar-refractivity contribution < 1.29 is 47.8 Å². The topological polar surface area (TPSA) is 258 Å². The zero-order valence-electron chi connectivity index (χ0n) is 47.9. The molecule has 0 aliphatic carbocycles. The Morgan fingerprint density at radius 2 is 0.671 bits per heavy atom. The number of benzene rings is 4. The molecule has 6 atom stereocenters. The molecule has 20 heteroatoms. The minimum atomic E-state index is -1.28. The van der Waals surface area contributed by atoms with Crippen molar-refractivity contribution in [1.29, 1.82) is 0 Å². The Kier molecular flexibility index (Phi) is 26.4. The molecule has 2 aliphatic rings. The molecule has 0 spiro atoms. The number of nitrogens with one attached hydrogen (secondary N) is 8. The van der Waals surface area contributed by atoms with Gasteiger partial charge in [0, 0.05) is 39.0 Å². The van der Waals surface area contributed by atoms with E-state index in [0.29, 0.717) is 76.6 Å². The smallest absolute Gasteiger partial charge is 0.261 e. The highest BCUT2D eigenvalue weighted by Crippen LogP contribution is 2.14. The predicted molar refractivity (Wildman–Crippen MR) is 311 cm³/mol. The standard InChI is InChI=1S/C62H84N10O10/c1-43(2)37-51(65-57(75)49(27-25-45-17-9-5-10-18-45)63-55(73)41-71-29-33-81-34-30-71)59(77)67-53(39-47-21-13-7-14-22-47)61(79)69-70-62(80)54(40-48-23-15-8-16-24-48)68-60(78)52(38-44(3)4)66-58(76)50(28-26-46-19-11-6-12-20-46)64-56(74)42-72-31-35-82-36-32-72/h5-24,43-44,49-54H,25-42H2,1-4H3,(H,63,73)(H,64,74)(H,65,75)(H,66,76)(H,67,77)(H,68,78)(H,69,79)(H,70,80)/t49-,50-,51-,52-,53-,54?/m0/s1. The molecule has 2 fully saturated rings. The molecule has 8 N–H and O–H groups in total. The van der Waals surface area contributed by atoms with Crippen LogP contribution in [0.15, 0.2) is 121 Å². The van der Waals surface area contributed by atoms with Crippen molar-refractivity contribution in [2.24, 2.45) is 11.8 Å². The first-order valence-electron chi connectivity index (χ1n) is 28.7. The molecule has 2 heterocycles. The number of carbonyl (C=O) groups excluding carboxylic acids is 8. The first kappa shape index (κ1) is 63.7. The van der Waals surface area contributed by atoms with Crippen LogP contribution in [-0.4, -0.2) is 159 Å². The van der Waals surface area contributed by atoms with E-state index in [2.05, 4.69) is 42.8 Å². The van der Waals surface area contributed by atoms with Gasteiger partial charge >= 0.3 is 0 Å². The summed E-state index contributed by atoms with van der Waals surface area (Å²) in [6.07, 6.45) is 1.83. The highest BCUT2D eigenvalue weighted by atomic mass is 16.5. The lowest BCUT2D eigenvalue weighted by atomic mass is 9.99. The highest BCUT2D eigenvalue weighted by Gasteiger charge is 2.34. The molecule has 6 rings (SSSR count). The van der Waals surface area contributed by atoms with Crippen molar-refractivity contribution in [2.45, 2.75) is 115 Å². The van der Waals surface area contributed by atoms with Gasteiger partial charge in [0.25, 0.3) is 11.8 Å². The fraction of sp³-hybridized carbons (Fsp3) is 0.484. The van der Waals surface area contributed by atoms with Crippen LogP contribution < -0.4 is 42.8 Å². The van der Waals surface area contributed by atoms with Gasteiger partial charge in [0.1, 0.15) is 36.3 Å². The Balaban J connectivity index is 1.16. The van der Waals surface area contributed by atoms with Gasteiger partial charge < -0.3 is 41.4 Å². The van der Waals surface area contributed by atoms with Crippen LogP contribution in [0.3, 0.4) is 0 Å². The number of rotatable bonds is 30. The normalized spacial score (nSPS) is 16.0. The predicted octanol–water partition coefficient (Wildman–Crippen LogP) is 2.55. The molecular formula is C62H84N10O10. The average molecular weight is 1130 g/mol. The minimum absolute atomic E-state index is 0.00526. The van der Waals surface area contributed by atoms with Gasteiger partial charge in [-0.1, -0.05) is 149 Å². The molecular weight excluding hydrogens is 1040 g/mol. The summed E-state index contributed by atoms with van der Waals surface area (Å²) < 4.78 is 10.9. The number of aryl methyl sites for hydroxylation is 2. The van der Waals surface area contributed by atoms with Crippen LogP contribution >= 0.6 is 0 Å². The largest absolute Gasteiger partial charge is 0.379 e. The average Bonchev–Trinajstić information content (AvgIpc) is 3.47. The molecule has 4 aromatic carbocycles. The van der Waals surface area contributed by atoms with Gasteiger partial charge in [0.2, 0.25) is 35.4 Å². The number of hydrogen-bond acceptors (Lipinski definition) is 12. The number of carbonyl (C=O) groups is 8. The maximum Gasteiger partial charge on any atom is 0.261 e. The van der Waals surface area contributed by atoms with Crippen LogP contribution in [0.4, 0.5) is 0 Å². The molecule has 2 aliphatic heterocycles. The molecule has 0 radical (unpaired) electrons. The highest BCUT2D eigenvalue weighted by molar-refractivity contribution is 5.97. The molecule has 4 aromatic rings. The lowest BCUT2D eigenvalue weighted by molar-refractivity contribution is -0.136. The Bertz CT molecular complexity index is 2460. The van der Waals surface area contributed by atoms with Crippen molar-refractivity contribution in [2.75, 3.05) is 65.7 Å². The number of hydrogen-bond donors (Lipinski definition) is 8. The summed E-state index contributed by atoms with van der Waals surface area (Å²) in [5.74, 6) is -4.86. The molecule has 8 amide bonds. The van der Waals surface area contributed by atoms with Crippen LogP contribution in [0.1, 0.15) is 75.6 Å². The summed E-state index contributed by atoms with van der Waals surface area (Å²) in [6.45, 7) is 12.1. The van der Waals surface area contributed by atoms with E-state index in [4.69, 9.17) is 9.47 Å². The Morgan fingerprint density at radius 1 is 0.378 bits per heavy atom. The minimum Gasteiger partial charge on any atom is -0.379 e. The fourth-order valence-electron chi connectivity index (χ4n) is 9.76. The fourth-order valence-corrected chi connectivity index (χ4v) is 9.76. The van der Waals surface area contributed by atoms with Gasteiger partial charge in [-0.3, -0.25) is 59.0 Å². The molecule has 0 bridgehead atoms. The van der Waals surface area contributed by atoms with E-state index in [1.807, 2.05) is 110 Å². The van der Waals surface area contributed by atoms with E-state index in [1.54, 1.807) is 48.5 Å². The van der Waals surface area contributed by atoms with Crippen molar-refractivity contribution in [1.82, 2.24) is 52.6 Å². The molecule has 1 unspecified atom stereocenters. The number of nitrogens with zero attached hydrogens (tertiary/aromatic N) is 2.